The van der Waals surface area contributed by atoms with Crippen molar-refractivity contribution in [1.29, 1.82) is 5.26 Å². The fourth-order valence-corrected chi connectivity index (χ4v) is 2.97. The Kier molecular flexibility index (Phi) is 6.90. The van der Waals surface area contributed by atoms with Gasteiger partial charge in [0.15, 0.2) is 0 Å². The van der Waals surface area contributed by atoms with E-state index in [2.05, 4.69) is 23.4 Å². The van der Waals surface area contributed by atoms with E-state index in [4.69, 9.17) is 5.26 Å². The third-order valence-electron chi connectivity index (χ3n) is 4.55. The first-order valence-electron chi connectivity index (χ1n) is 9.34. The van der Waals surface area contributed by atoms with Crippen LogP contribution < -0.4 is 14.9 Å². The highest BCUT2D eigenvalue weighted by Gasteiger charge is 2.16. The minimum absolute atomic E-state index is 0.314. The standard InChI is InChI=1S/C23H19FN4O2S/c1-15(17-6-8-19(24)9-7-17)26-23(30)28(31)21-12-10-20(11-13-21)27-22(29)18-4-2-16(14-25)3-5-18/h2-13,15,31H,1H3,(H,26,30)(H,27,29). The van der Waals surface area contributed by atoms with Crippen LogP contribution in [0.5, 0.6) is 0 Å². The summed E-state index contributed by atoms with van der Waals surface area (Å²) < 4.78 is 14.2. The van der Waals surface area contributed by atoms with Crippen molar-refractivity contribution in [1.82, 2.24) is 5.32 Å². The third kappa shape index (κ3) is 5.62. The van der Waals surface area contributed by atoms with E-state index in [-0.39, 0.29) is 17.8 Å². The molecule has 1 atom stereocenters. The van der Waals surface area contributed by atoms with Gasteiger partial charge in [-0.3, -0.25) is 4.79 Å². The lowest BCUT2D eigenvalue weighted by Crippen LogP contribution is -2.35. The molecule has 0 saturated heterocycles. The Balaban J connectivity index is 1.60. The van der Waals surface area contributed by atoms with Crippen LogP contribution in [0.15, 0.2) is 72.8 Å². The molecular weight excluding hydrogens is 415 g/mol. The summed E-state index contributed by atoms with van der Waals surface area (Å²) in [7, 11) is 0. The zero-order valence-corrected chi connectivity index (χ0v) is 17.4. The van der Waals surface area contributed by atoms with Gasteiger partial charge in [0.25, 0.3) is 5.91 Å². The van der Waals surface area contributed by atoms with Crippen molar-refractivity contribution in [3.63, 3.8) is 0 Å². The fourth-order valence-electron chi connectivity index (χ4n) is 2.78. The highest BCUT2D eigenvalue weighted by atomic mass is 32.1. The minimum atomic E-state index is -0.450. The summed E-state index contributed by atoms with van der Waals surface area (Å²) in [6.45, 7) is 1.79. The number of nitrogens with one attached hydrogen (secondary N) is 2. The Morgan fingerprint density at radius 3 is 2.19 bits per heavy atom. The summed E-state index contributed by atoms with van der Waals surface area (Å²) in [5.74, 6) is -0.657. The quantitative estimate of drug-likeness (QED) is 0.490. The normalized spacial score (nSPS) is 11.2. The molecule has 156 valence electrons. The highest BCUT2D eigenvalue weighted by molar-refractivity contribution is 7.82. The smallest absolute Gasteiger partial charge is 0.330 e. The van der Waals surface area contributed by atoms with Crippen LogP contribution in [0, 0.1) is 17.1 Å². The molecule has 0 aromatic heterocycles. The Bertz CT molecular complexity index is 1110. The van der Waals surface area contributed by atoms with Gasteiger partial charge in [-0.05, 0) is 73.2 Å². The number of thiol groups is 1. The number of halogens is 1. The molecule has 1 unspecified atom stereocenters. The topological polar surface area (TPSA) is 85.2 Å². The predicted octanol–water partition coefficient (Wildman–Crippen LogP) is 5.07. The number of nitriles is 1. The number of hydrogen-bond donors (Lipinski definition) is 3. The molecule has 6 nitrogen and oxygen atoms in total. The zero-order valence-electron chi connectivity index (χ0n) is 16.5. The Morgan fingerprint density at radius 2 is 1.61 bits per heavy atom. The second-order valence-electron chi connectivity index (χ2n) is 6.72. The Labute approximate surface area is 184 Å². The van der Waals surface area contributed by atoms with Crippen molar-refractivity contribution in [3.8, 4) is 6.07 Å². The van der Waals surface area contributed by atoms with Gasteiger partial charge in [0.05, 0.1) is 23.4 Å². The van der Waals surface area contributed by atoms with Crippen LogP contribution in [0.1, 0.15) is 34.5 Å². The van der Waals surface area contributed by atoms with E-state index in [0.29, 0.717) is 22.5 Å². The van der Waals surface area contributed by atoms with Gasteiger partial charge in [-0.25, -0.2) is 13.5 Å². The van der Waals surface area contributed by atoms with Gasteiger partial charge in [0, 0.05) is 11.3 Å². The second kappa shape index (κ2) is 9.78. The maximum Gasteiger partial charge on any atom is 0.332 e. The van der Waals surface area contributed by atoms with E-state index >= 15 is 0 Å². The molecule has 0 saturated carbocycles. The highest BCUT2D eigenvalue weighted by Crippen LogP contribution is 2.21. The van der Waals surface area contributed by atoms with Crippen molar-refractivity contribution in [3.05, 3.63) is 95.3 Å². The summed E-state index contributed by atoms with van der Waals surface area (Å²) in [6, 6.07) is 20.0. The van der Waals surface area contributed by atoms with Gasteiger partial charge >= 0.3 is 6.03 Å². The largest absolute Gasteiger partial charge is 0.332 e. The van der Waals surface area contributed by atoms with Gasteiger partial charge in [0.2, 0.25) is 0 Å². The number of carbonyl (C=O) groups is 2. The molecule has 0 fully saturated rings. The summed E-state index contributed by atoms with van der Waals surface area (Å²) in [6.07, 6.45) is 0. The number of carbonyl (C=O) groups excluding carboxylic acids is 2. The number of anilines is 2. The van der Waals surface area contributed by atoms with E-state index in [9.17, 15) is 14.0 Å². The van der Waals surface area contributed by atoms with Crippen molar-refractivity contribution in [2.45, 2.75) is 13.0 Å². The lowest BCUT2D eigenvalue weighted by atomic mass is 10.1. The van der Waals surface area contributed by atoms with Crippen molar-refractivity contribution >= 4 is 36.1 Å². The maximum atomic E-state index is 13.1. The molecule has 0 spiro atoms. The first kappa shape index (κ1) is 21.9. The van der Waals surface area contributed by atoms with Gasteiger partial charge < -0.3 is 10.6 Å². The van der Waals surface area contributed by atoms with Crippen LogP contribution in [-0.2, 0) is 0 Å². The summed E-state index contributed by atoms with van der Waals surface area (Å²) in [4.78, 5) is 24.8. The molecule has 8 heteroatoms. The van der Waals surface area contributed by atoms with Crippen molar-refractivity contribution in [2.75, 3.05) is 9.62 Å². The molecular formula is C23H19FN4O2S. The summed E-state index contributed by atoms with van der Waals surface area (Å²) in [5, 5.41) is 14.4. The summed E-state index contributed by atoms with van der Waals surface area (Å²) in [5.41, 5.74) is 2.70. The lowest BCUT2D eigenvalue weighted by Gasteiger charge is -2.21. The zero-order chi connectivity index (χ0) is 22.4. The SMILES string of the molecule is CC(NC(=O)N(S)c1ccc(NC(=O)c2ccc(C#N)cc2)cc1)c1ccc(F)cc1. The van der Waals surface area contributed by atoms with E-state index in [1.165, 1.54) is 12.1 Å². The molecule has 0 aliphatic heterocycles. The monoisotopic (exact) mass is 434 g/mol. The number of benzene rings is 3. The number of hydrogen-bond acceptors (Lipinski definition) is 4. The van der Waals surface area contributed by atoms with Crippen LogP contribution in [-0.4, -0.2) is 11.9 Å². The number of amides is 3. The molecule has 2 N–H and O–H groups in total. The third-order valence-corrected chi connectivity index (χ3v) is 4.96. The van der Waals surface area contributed by atoms with Crippen LogP contribution >= 0.6 is 12.8 Å². The van der Waals surface area contributed by atoms with Gasteiger partial charge in [-0.1, -0.05) is 24.9 Å². The Hall–Kier alpha value is -3.83. The van der Waals surface area contributed by atoms with E-state index in [1.807, 2.05) is 6.07 Å². The van der Waals surface area contributed by atoms with Crippen LogP contribution in [0.25, 0.3) is 0 Å². The Morgan fingerprint density at radius 1 is 1.00 bits per heavy atom. The van der Waals surface area contributed by atoms with E-state index in [0.717, 1.165) is 9.87 Å². The average molecular weight is 434 g/mol. The van der Waals surface area contributed by atoms with Gasteiger partial charge in [-0.2, -0.15) is 5.26 Å². The van der Waals surface area contributed by atoms with Crippen molar-refractivity contribution in [2.24, 2.45) is 0 Å². The summed E-state index contributed by atoms with van der Waals surface area (Å²) >= 11 is 4.25. The van der Waals surface area contributed by atoms with Crippen molar-refractivity contribution < 1.29 is 14.0 Å². The molecule has 3 aromatic carbocycles. The van der Waals surface area contributed by atoms with Crippen LogP contribution in [0.3, 0.4) is 0 Å². The van der Waals surface area contributed by atoms with E-state index < -0.39 is 6.03 Å². The van der Waals surface area contributed by atoms with Crippen LogP contribution in [0.2, 0.25) is 0 Å². The van der Waals surface area contributed by atoms with Gasteiger partial charge in [0.1, 0.15) is 5.82 Å². The predicted molar refractivity (Wildman–Crippen MR) is 120 cm³/mol. The molecule has 0 aliphatic carbocycles. The first-order valence-corrected chi connectivity index (χ1v) is 9.74. The molecule has 31 heavy (non-hydrogen) atoms. The molecule has 3 aromatic rings. The molecule has 0 heterocycles. The minimum Gasteiger partial charge on any atom is -0.330 e. The molecule has 0 bridgehead atoms. The number of urea groups is 1. The fraction of sp³-hybridized carbons (Fsp3) is 0.0870. The first-order chi connectivity index (χ1) is 14.9. The molecule has 0 aliphatic rings. The molecule has 0 radical (unpaired) electrons. The number of rotatable bonds is 5. The van der Waals surface area contributed by atoms with E-state index in [1.54, 1.807) is 67.6 Å². The molecule has 3 rings (SSSR count). The maximum absolute atomic E-state index is 13.1. The average Bonchev–Trinajstić information content (AvgIpc) is 2.79. The van der Waals surface area contributed by atoms with Gasteiger partial charge in [-0.15, -0.1) is 0 Å². The van der Waals surface area contributed by atoms with Crippen LogP contribution in [0.4, 0.5) is 20.6 Å². The molecule has 3 amide bonds. The number of nitrogens with zero attached hydrogens (tertiary/aromatic N) is 2. The lowest BCUT2D eigenvalue weighted by molar-refractivity contribution is 0.102. The second-order valence-corrected chi connectivity index (χ2v) is 7.12.